The number of piperidine rings is 1. The van der Waals surface area contributed by atoms with Gasteiger partial charge in [-0.25, -0.2) is 0 Å². The molecule has 2 fully saturated rings. The predicted molar refractivity (Wildman–Crippen MR) is 87.1 cm³/mol. The minimum absolute atomic E-state index is 0.381. The molecule has 2 aliphatic heterocycles. The maximum atomic E-state index is 3.63. The van der Waals surface area contributed by atoms with Gasteiger partial charge in [0, 0.05) is 38.8 Å². The summed E-state index contributed by atoms with van der Waals surface area (Å²) in [5.74, 6) is 0.747. The van der Waals surface area contributed by atoms with E-state index >= 15 is 0 Å². The van der Waals surface area contributed by atoms with Crippen molar-refractivity contribution in [2.24, 2.45) is 11.3 Å². The third-order valence-electron chi connectivity index (χ3n) is 4.73. The molecule has 0 aromatic heterocycles. The van der Waals surface area contributed by atoms with E-state index in [0.717, 1.165) is 25.0 Å². The molecule has 0 saturated carbocycles. The Morgan fingerprint density at radius 3 is 2.70 bits per heavy atom. The third kappa shape index (κ3) is 5.01. The fourth-order valence-electron chi connectivity index (χ4n) is 3.72. The molecule has 0 amide bonds. The summed E-state index contributed by atoms with van der Waals surface area (Å²) in [6.07, 6.45) is 4.28. The molecule has 3 nitrogen and oxygen atoms in total. The Morgan fingerprint density at radius 2 is 1.95 bits per heavy atom. The minimum Gasteiger partial charge on any atom is -0.316 e. The molecule has 0 bridgehead atoms. The number of nitrogens with zero attached hydrogens (tertiary/aromatic N) is 2. The topological polar surface area (TPSA) is 18.5 Å². The van der Waals surface area contributed by atoms with Crippen LogP contribution in [0.25, 0.3) is 0 Å². The lowest BCUT2D eigenvalue weighted by atomic mass is 9.91. The summed E-state index contributed by atoms with van der Waals surface area (Å²) in [7, 11) is 0. The summed E-state index contributed by atoms with van der Waals surface area (Å²) >= 11 is 0. The average molecular weight is 281 g/mol. The van der Waals surface area contributed by atoms with E-state index in [1.807, 2.05) is 0 Å². The molecule has 0 aromatic carbocycles. The maximum absolute atomic E-state index is 3.63. The normalized spacial score (nSPS) is 25.9. The Balaban J connectivity index is 1.74. The van der Waals surface area contributed by atoms with E-state index in [1.165, 1.54) is 52.0 Å². The lowest BCUT2D eigenvalue weighted by Crippen LogP contribution is -2.56. The Labute approximate surface area is 126 Å². The van der Waals surface area contributed by atoms with Crippen LogP contribution in [0.4, 0.5) is 0 Å². The minimum atomic E-state index is 0.381. The Morgan fingerprint density at radius 1 is 1.15 bits per heavy atom. The molecule has 2 aliphatic rings. The van der Waals surface area contributed by atoms with E-state index < -0.39 is 0 Å². The number of hydrogen-bond donors (Lipinski definition) is 1. The van der Waals surface area contributed by atoms with Crippen LogP contribution in [0.5, 0.6) is 0 Å². The van der Waals surface area contributed by atoms with Crippen LogP contribution in [-0.2, 0) is 0 Å². The van der Waals surface area contributed by atoms with E-state index in [4.69, 9.17) is 0 Å². The quantitative estimate of drug-likeness (QED) is 0.807. The first-order valence-corrected chi connectivity index (χ1v) is 8.63. The summed E-state index contributed by atoms with van der Waals surface area (Å²) < 4.78 is 0. The summed E-state index contributed by atoms with van der Waals surface area (Å²) in [6.45, 7) is 18.1. The smallest absolute Gasteiger partial charge is 0.0223 e. The second kappa shape index (κ2) is 7.24. The average Bonchev–Trinajstić information content (AvgIpc) is 2.37. The summed E-state index contributed by atoms with van der Waals surface area (Å²) in [4.78, 5) is 5.44. The van der Waals surface area contributed by atoms with Crippen molar-refractivity contribution in [1.82, 2.24) is 15.1 Å². The molecule has 2 heterocycles. The van der Waals surface area contributed by atoms with E-state index in [1.54, 1.807) is 0 Å². The van der Waals surface area contributed by atoms with Gasteiger partial charge in [0.2, 0.25) is 0 Å². The number of fused-ring (bicyclic) bond motifs is 1. The van der Waals surface area contributed by atoms with Crippen molar-refractivity contribution in [3.8, 4) is 0 Å². The largest absolute Gasteiger partial charge is 0.316 e. The fourth-order valence-corrected chi connectivity index (χ4v) is 3.72. The lowest BCUT2D eigenvalue weighted by molar-refractivity contribution is 0.0315. The Hall–Kier alpha value is -0.120. The van der Waals surface area contributed by atoms with Gasteiger partial charge in [0.25, 0.3) is 0 Å². The van der Waals surface area contributed by atoms with Crippen molar-refractivity contribution in [1.29, 1.82) is 0 Å². The fraction of sp³-hybridized carbons (Fsp3) is 1.00. The molecule has 118 valence electrons. The molecule has 20 heavy (non-hydrogen) atoms. The molecule has 1 N–H and O–H groups in total. The third-order valence-corrected chi connectivity index (χ3v) is 4.73. The molecule has 0 spiro atoms. The second-order valence-electron chi connectivity index (χ2n) is 8.11. The van der Waals surface area contributed by atoms with Crippen LogP contribution in [0.2, 0.25) is 0 Å². The van der Waals surface area contributed by atoms with Gasteiger partial charge >= 0.3 is 0 Å². The molecule has 2 saturated heterocycles. The molecular weight excluding hydrogens is 246 g/mol. The van der Waals surface area contributed by atoms with Gasteiger partial charge in [-0.3, -0.25) is 9.80 Å². The first-order valence-electron chi connectivity index (χ1n) is 8.63. The van der Waals surface area contributed by atoms with Crippen molar-refractivity contribution in [3.05, 3.63) is 0 Å². The molecule has 0 aromatic rings. The summed E-state index contributed by atoms with van der Waals surface area (Å²) in [6, 6.07) is 0.844. The van der Waals surface area contributed by atoms with Gasteiger partial charge < -0.3 is 5.32 Å². The van der Waals surface area contributed by atoms with Crippen LogP contribution in [0.3, 0.4) is 0 Å². The van der Waals surface area contributed by atoms with Gasteiger partial charge in [-0.15, -0.1) is 0 Å². The van der Waals surface area contributed by atoms with Crippen molar-refractivity contribution < 1.29 is 0 Å². The number of hydrogen-bond acceptors (Lipinski definition) is 3. The Bertz CT molecular complexity index is 288. The highest BCUT2D eigenvalue weighted by molar-refractivity contribution is 4.87. The number of piperazine rings is 1. The van der Waals surface area contributed by atoms with Crippen molar-refractivity contribution in [2.75, 3.05) is 45.8 Å². The molecule has 0 radical (unpaired) electrons. The van der Waals surface area contributed by atoms with Gasteiger partial charge in [0.1, 0.15) is 0 Å². The highest BCUT2D eigenvalue weighted by atomic mass is 15.3. The maximum Gasteiger partial charge on any atom is 0.0223 e. The molecule has 1 atom stereocenters. The van der Waals surface area contributed by atoms with Gasteiger partial charge in [0.15, 0.2) is 0 Å². The lowest BCUT2D eigenvalue weighted by Gasteiger charge is -2.46. The molecule has 3 heteroatoms. The first-order chi connectivity index (χ1) is 9.46. The van der Waals surface area contributed by atoms with Gasteiger partial charge in [-0.05, 0) is 37.3 Å². The number of nitrogens with one attached hydrogen (secondary N) is 1. The molecule has 1 unspecified atom stereocenters. The zero-order chi connectivity index (χ0) is 14.6. The monoisotopic (exact) mass is 281 g/mol. The summed E-state index contributed by atoms with van der Waals surface area (Å²) in [5.41, 5.74) is 0.381. The Kier molecular flexibility index (Phi) is 5.88. The van der Waals surface area contributed by atoms with E-state index in [-0.39, 0.29) is 0 Å². The first kappa shape index (κ1) is 16.3. The second-order valence-corrected chi connectivity index (χ2v) is 8.11. The van der Waals surface area contributed by atoms with Gasteiger partial charge in [0.05, 0.1) is 0 Å². The van der Waals surface area contributed by atoms with Crippen LogP contribution in [-0.4, -0.2) is 61.7 Å². The number of rotatable bonds is 6. The van der Waals surface area contributed by atoms with Crippen molar-refractivity contribution in [3.63, 3.8) is 0 Å². The van der Waals surface area contributed by atoms with E-state index in [0.29, 0.717) is 5.41 Å². The van der Waals surface area contributed by atoms with Crippen LogP contribution in [0, 0.1) is 11.3 Å². The van der Waals surface area contributed by atoms with E-state index in [9.17, 15) is 0 Å². The van der Waals surface area contributed by atoms with Crippen LogP contribution in [0.15, 0.2) is 0 Å². The van der Waals surface area contributed by atoms with Crippen molar-refractivity contribution in [2.45, 2.75) is 53.0 Å². The SMILES string of the molecule is CC(C)CNCC(C)(C)CN1CCN2CCCCC2C1. The van der Waals surface area contributed by atoms with Crippen molar-refractivity contribution >= 4 is 0 Å². The molecule has 0 aliphatic carbocycles. The van der Waals surface area contributed by atoms with Crippen LogP contribution >= 0.6 is 0 Å². The van der Waals surface area contributed by atoms with Crippen LogP contribution < -0.4 is 5.32 Å². The highest BCUT2D eigenvalue weighted by Gasteiger charge is 2.31. The van der Waals surface area contributed by atoms with E-state index in [2.05, 4.69) is 42.8 Å². The molecular formula is C17H35N3. The summed E-state index contributed by atoms with van der Waals surface area (Å²) in [5, 5.41) is 3.63. The zero-order valence-electron chi connectivity index (χ0n) is 14.1. The van der Waals surface area contributed by atoms with Gasteiger partial charge in [-0.1, -0.05) is 34.1 Å². The standard InChI is InChI=1S/C17H35N3/c1-15(2)11-18-13-17(3,4)14-19-9-10-20-8-6-5-7-16(20)12-19/h15-16,18H,5-14H2,1-4H3. The van der Waals surface area contributed by atoms with Crippen LogP contribution in [0.1, 0.15) is 47.0 Å². The highest BCUT2D eigenvalue weighted by Crippen LogP contribution is 2.24. The molecule has 2 rings (SSSR count). The van der Waals surface area contributed by atoms with Gasteiger partial charge in [-0.2, -0.15) is 0 Å². The predicted octanol–water partition coefficient (Wildman–Crippen LogP) is 2.43. The zero-order valence-corrected chi connectivity index (χ0v) is 14.1.